The lowest BCUT2D eigenvalue weighted by Gasteiger charge is -2.24. The van der Waals surface area contributed by atoms with E-state index in [1.54, 1.807) is 0 Å². The molecule has 1 aliphatic rings. The minimum atomic E-state index is 1.02. The van der Waals surface area contributed by atoms with Crippen LogP contribution in [-0.2, 0) is 0 Å². The van der Waals surface area contributed by atoms with Crippen LogP contribution in [0, 0.1) is 0 Å². The molecule has 1 aliphatic heterocycles. The molecule has 0 aromatic heterocycles. The van der Waals surface area contributed by atoms with Gasteiger partial charge in [0.05, 0.1) is 0 Å². The van der Waals surface area contributed by atoms with Crippen molar-refractivity contribution in [3.05, 3.63) is 23.4 Å². The average Bonchev–Trinajstić information content (AvgIpc) is 2.22. The predicted molar refractivity (Wildman–Crippen MR) is 66.9 cm³/mol. The summed E-state index contributed by atoms with van der Waals surface area (Å²) in [6, 6.07) is 0. The Morgan fingerprint density at radius 2 is 1.87 bits per heavy atom. The van der Waals surface area contributed by atoms with Crippen molar-refractivity contribution in [1.29, 1.82) is 0 Å². The van der Waals surface area contributed by atoms with Crippen molar-refractivity contribution in [2.75, 3.05) is 26.2 Å². The zero-order chi connectivity index (χ0) is 11.1. The molecule has 1 rings (SSSR count). The van der Waals surface area contributed by atoms with Crippen LogP contribution in [0.4, 0.5) is 0 Å². The zero-order valence-electron chi connectivity index (χ0n) is 10.3. The normalized spacial score (nSPS) is 16.0. The van der Waals surface area contributed by atoms with E-state index in [0.29, 0.717) is 0 Å². The Bertz CT molecular complexity index is 235. The summed E-state index contributed by atoms with van der Waals surface area (Å²) in [4.78, 5) is 2.54. The maximum Gasteiger partial charge on any atom is 0.0372 e. The molecule has 15 heavy (non-hydrogen) atoms. The van der Waals surface area contributed by atoms with Crippen LogP contribution in [0.2, 0.25) is 0 Å². The highest BCUT2D eigenvalue weighted by Crippen LogP contribution is 2.06. The SMILES string of the molecule is CCCN(CCC)CC1=CC=C(C)NC1. The van der Waals surface area contributed by atoms with Crippen LogP contribution in [0.15, 0.2) is 23.4 Å². The van der Waals surface area contributed by atoms with Crippen molar-refractivity contribution in [3.63, 3.8) is 0 Å². The van der Waals surface area contributed by atoms with Crippen molar-refractivity contribution < 1.29 is 0 Å². The second-order valence-corrected chi connectivity index (χ2v) is 4.30. The molecule has 0 amide bonds. The molecule has 0 radical (unpaired) electrons. The Morgan fingerprint density at radius 3 is 2.33 bits per heavy atom. The van der Waals surface area contributed by atoms with Crippen molar-refractivity contribution >= 4 is 0 Å². The monoisotopic (exact) mass is 208 g/mol. The largest absolute Gasteiger partial charge is 0.385 e. The highest BCUT2D eigenvalue weighted by Gasteiger charge is 2.07. The Labute approximate surface area is 94.0 Å². The van der Waals surface area contributed by atoms with Gasteiger partial charge in [-0.3, -0.25) is 4.90 Å². The quantitative estimate of drug-likeness (QED) is 0.721. The van der Waals surface area contributed by atoms with Gasteiger partial charge in [0.15, 0.2) is 0 Å². The van der Waals surface area contributed by atoms with Crippen LogP contribution >= 0.6 is 0 Å². The predicted octanol–water partition coefficient (Wildman–Crippen LogP) is 2.54. The van der Waals surface area contributed by atoms with Gasteiger partial charge in [-0.15, -0.1) is 0 Å². The molecule has 0 fully saturated rings. The van der Waals surface area contributed by atoms with Crippen LogP contribution in [0.1, 0.15) is 33.6 Å². The van der Waals surface area contributed by atoms with E-state index in [0.717, 1.165) is 13.1 Å². The van der Waals surface area contributed by atoms with Crippen LogP contribution in [0.5, 0.6) is 0 Å². The summed E-state index contributed by atoms with van der Waals surface area (Å²) in [5.74, 6) is 0. The van der Waals surface area contributed by atoms with Gasteiger partial charge in [0.25, 0.3) is 0 Å². The lowest BCUT2D eigenvalue weighted by molar-refractivity contribution is 0.295. The number of hydrogen-bond donors (Lipinski definition) is 1. The molecule has 1 heterocycles. The lowest BCUT2D eigenvalue weighted by atomic mass is 10.1. The Balaban J connectivity index is 2.43. The van der Waals surface area contributed by atoms with Crippen molar-refractivity contribution in [2.45, 2.75) is 33.6 Å². The van der Waals surface area contributed by atoms with E-state index in [2.05, 4.69) is 43.1 Å². The van der Waals surface area contributed by atoms with E-state index in [9.17, 15) is 0 Å². The summed E-state index contributed by atoms with van der Waals surface area (Å²) >= 11 is 0. The summed E-state index contributed by atoms with van der Waals surface area (Å²) in [7, 11) is 0. The molecule has 0 saturated carbocycles. The number of nitrogens with zero attached hydrogens (tertiary/aromatic N) is 1. The van der Waals surface area contributed by atoms with Crippen molar-refractivity contribution in [3.8, 4) is 0 Å². The first kappa shape index (κ1) is 12.3. The Morgan fingerprint density at radius 1 is 1.20 bits per heavy atom. The zero-order valence-corrected chi connectivity index (χ0v) is 10.3. The fourth-order valence-electron chi connectivity index (χ4n) is 1.91. The third-order valence-electron chi connectivity index (χ3n) is 2.67. The number of nitrogens with one attached hydrogen (secondary N) is 1. The molecular weight excluding hydrogens is 184 g/mol. The van der Waals surface area contributed by atoms with Crippen molar-refractivity contribution in [2.24, 2.45) is 0 Å². The first-order chi connectivity index (χ1) is 7.26. The van der Waals surface area contributed by atoms with Gasteiger partial charge >= 0.3 is 0 Å². The topological polar surface area (TPSA) is 15.3 Å². The number of hydrogen-bond acceptors (Lipinski definition) is 2. The third kappa shape index (κ3) is 4.52. The van der Waals surface area contributed by atoms with Gasteiger partial charge in [-0.1, -0.05) is 19.9 Å². The molecular formula is C13H24N2. The maximum absolute atomic E-state index is 3.39. The van der Waals surface area contributed by atoms with E-state index < -0.39 is 0 Å². The van der Waals surface area contributed by atoms with E-state index >= 15 is 0 Å². The molecule has 2 heteroatoms. The molecule has 1 N–H and O–H groups in total. The maximum atomic E-state index is 3.39. The van der Waals surface area contributed by atoms with Crippen LogP contribution in [0.25, 0.3) is 0 Å². The summed E-state index contributed by atoms with van der Waals surface area (Å²) in [5.41, 5.74) is 2.78. The second-order valence-electron chi connectivity index (χ2n) is 4.30. The van der Waals surface area contributed by atoms with Gasteiger partial charge in [0.1, 0.15) is 0 Å². The van der Waals surface area contributed by atoms with E-state index in [1.165, 1.54) is 37.2 Å². The van der Waals surface area contributed by atoms with Gasteiger partial charge in [-0.05, 0) is 44.5 Å². The van der Waals surface area contributed by atoms with Gasteiger partial charge in [-0.2, -0.15) is 0 Å². The summed E-state index contributed by atoms with van der Waals surface area (Å²) in [6.07, 6.45) is 6.93. The third-order valence-corrected chi connectivity index (χ3v) is 2.67. The molecule has 0 aliphatic carbocycles. The molecule has 0 bridgehead atoms. The Hall–Kier alpha value is -0.760. The highest BCUT2D eigenvalue weighted by molar-refractivity contribution is 5.23. The first-order valence-corrected chi connectivity index (χ1v) is 6.08. The summed E-state index contributed by atoms with van der Waals surface area (Å²) in [6.45, 7) is 11.2. The first-order valence-electron chi connectivity index (χ1n) is 6.08. The minimum Gasteiger partial charge on any atom is -0.385 e. The fourth-order valence-corrected chi connectivity index (χ4v) is 1.91. The average molecular weight is 208 g/mol. The van der Waals surface area contributed by atoms with E-state index in [4.69, 9.17) is 0 Å². The number of allylic oxidation sites excluding steroid dienone is 3. The molecule has 0 atom stereocenters. The van der Waals surface area contributed by atoms with Crippen LogP contribution in [0.3, 0.4) is 0 Å². The van der Waals surface area contributed by atoms with Gasteiger partial charge in [0.2, 0.25) is 0 Å². The lowest BCUT2D eigenvalue weighted by Crippen LogP contribution is -2.31. The fraction of sp³-hybridized carbons (Fsp3) is 0.692. The summed E-state index contributed by atoms with van der Waals surface area (Å²) < 4.78 is 0. The van der Waals surface area contributed by atoms with E-state index in [1.807, 2.05) is 0 Å². The molecule has 0 unspecified atom stereocenters. The van der Waals surface area contributed by atoms with Crippen molar-refractivity contribution in [1.82, 2.24) is 10.2 Å². The summed E-state index contributed by atoms with van der Waals surface area (Å²) in [5, 5.41) is 3.39. The Kier molecular flexibility index (Phi) is 5.48. The van der Waals surface area contributed by atoms with Gasteiger partial charge in [0, 0.05) is 18.8 Å². The molecule has 2 nitrogen and oxygen atoms in total. The molecule has 0 aromatic rings. The smallest absolute Gasteiger partial charge is 0.0372 e. The minimum absolute atomic E-state index is 1.02. The number of rotatable bonds is 6. The van der Waals surface area contributed by atoms with Crippen LogP contribution in [-0.4, -0.2) is 31.1 Å². The molecule has 0 saturated heterocycles. The van der Waals surface area contributed by atoms with Gasteiger partial charge < -0.3 is 5.32 Å². The van der Waals surface area contributed by atoms with Crippen LogP contribution < -0.4 is 5.32 Å². The molecule has 86 valence electrons. The highest BCUT2D eigenvalue weighted by atomic mass is 15.1. The molecule has 0 aromatic carbocycles. The number of dihydropyridines is 1. The standard InChI is InChI=1S/C13H24N2/c1-4-8-15(9-5-2)11-13-7-6-12(3)14-10-13/h6-7,14H,4-5,8-11H2,1-3H3. The second kappa shape index (κ2) is 6.67. The van der Waals surface area contributed by atoms with E-state index in [-0.39, 0.29) is 0 Å². The molecule has 0 spiro atoms. The van der Waals surface area contributed by atoms with Gasteiger partial charge in [-0.25, -0.2) is 0 Å².